The molecular weight excluding hydrogens is 476 g/mol. The summed E-state index contributed by atoms with van der Waals surface area (Å²) in [6, 6.07) is 34.1. The van der Waals surface area contributed by atoms with Gasteiger partial charge in [-0.1, -0.05) is 72.8 Å². The first kappa shape index (κ1) is 24.8. The zero-order chi connectivity index (χ0) is 26.3. The van der Waals surface area contributed by atoms with E-state index >= 15 is 0 Å². The molecule has 1 aliphatic carbocycles. The van der Waals surface area contributed by atoms with Gasteiger partial charge >= 0.3 is 0 Å². The zero-order valence-corrected chi connectivity index (χ0v) is 20.8. The van der Waals surface area contributed by atoms with Crippen molar-refractivity contribution in [2.45, 2.75) is 13.2 Å². The van der Waals surface area contributed by atoms with E-state index in [0.29, 0.717) is 41.7 Å². The Morgan fingerprint density at radius 3 is 1.32 bits per heavy atom. The molecule has 5 rings (SSSR count). The summed E-state index contributed by atoms with van der Waals surface area (Å²) in [6.45, 7) is 4.86. The Bertz CT molecular complexity index is 1290. The molecule has 4 aromatic rings. The van der Waals surface area contributed by atoms with Crippen LogP contribution in [0, 0.1) is 11.8 Å². The molecule has 0 aromatic heterocycles. The number of hydrogen-bond acceptors (Lipinski definition) is 4. The minimum absolute atomic E-state index is 0.252. The molecule has 2 N–H and O–H groups in total. The van der Waals surface area contributed by atoms with Gasteiger partial charge in [-0.3, -0.25) is 9.59 Å². The van der Waals surface area contributed by atoms with E-state index in [1.165, 1.54) is 0 Å². The Labute approximate surface area is 221 Å². The summed E-state index contributed by atoms with van der Waals surface area (Å²) in [5, 5.41) is 5.73. The van der Waals surface area contributed by atoms with Crippen molar-refractivity contribution in [2.24, 2.45) is 11.8 Å². The summed E-state index contributed by atoms with van der Waals surface area (Å²) in [4.78, 5) is 25.6. The molecule has 4 aromatic carbocycles. The van der Waals surface area contributed by atoms with E-state index < -0.39 is 11.8 Å². The van der Waals surface area contributed by atoms with Crippen molar-refractivity contribution in [3.8, 4) is 11.5 Å². The van der Waals surface area contributed by atoms with Crippen LogP contribution < -0.4 is 20.1 Å². The van der Waals surface area contributed by atoms with E-state index in [0.717, 1.165) is 11.1 Å². The molecule has 0 radical (unpaired) electrons. The quantitative estimate of drug-likeness (QED) is 0.251. The number of ether oxygens (including phenoxy) is 2. The van der Waals surface area contributed by atoms with E-state index in [-0.39, 0.29) is 11.8 Å². The maximum atomic E-state index is 12.8. The molecule has 0 spiro atoms. The van der Waals surface area contributed by atoms with Gasteiger partial charge in [-0.2, -0.15) is 0 Å². The lowest BCUT2D eigenvalue weighted by atomic mass is 10.2. The molecule has 6 heteroatoms. The van der Waals surface area contributed by atoms with Gasteiger partial charge in [0.25, 0.3) is 0 Å². The molecule has 38 heavy (non-hydrogen) atoms. The highest BCUT2D eigenvalue weighted by atomic mass is 16.5. The third kappa shape index (κ3) is 6.28. The third-order valence-corrected chi connectivity index (χ3v) is 6.33. The number of carbonyl (C=O) groups is 2. The summed E-state index contributed by atoms with van der Waals surface area (Å²) >= 11 is 0. The fourth-order valence-electron chi connectivity index (χ4n) is 4.15. The highest BCUT2D eigenvalue weighted by molar-refractivity contribution is 6.08. The topological polar surface area (TPSA) is 76.7 Å². The lowest BCUT2D eigenvalue weighted by Gasteiger charge is -2.09. The molecule has 1 aliphatic rings. The maximum Gasteiger partial charge on any atom is 0.232 e. The average Bonchev–Trinajstić information content (AvgIpc) is 3.64. The number of amides is 2. The smallest absolute Gasteiger partial charge is 0.232 e. The minimum Gasteiger partial charge on any atom is -0.489 e. The van der Waals surface area contributed by atoms with Crippen LogP contribution in [-0.4, -0.2) is 11.8 Å². The summed E-state index contributed by atoms with van der Waals surface area (Å²) in [5.41, 5.74) is 4.02. The molecule has 2 amide bonds. The van der Waals surface area contributed by atoms with Crippen LogP contribution in [0.5, 0.6) is 11.5 Å². The first-order chi connectivity index (χ1) is 18.6. The molecule has 190 valence electrons. The van der Waals surface area contributed by atoms with Gasteiger partial charge in [0.2, 0.25) is 11.8 Å². The minimum atomic E-state index is -0.558. The molecule has 0 saturated heterocycles. The first-order valence-corrected chi connectivity index (χ1v) is 12.4. The van der Waals surface area contributed by atoms with Gasteiger partial charge in [0, 0.05) is 11.4 Å². The number of carbonyl (C=O) groups excluding carboxylic acids is 2. The van der Waals surface area contributed by atoms with Crippen LogP contribution in [0.25, 0.3) is 0 Å². The second-order valence-corrected chi connectivity index (χ2v) is 9.11. The van der Waals surface area contributed by atoms with Crippen molar-refractivity contribution in [3.05, 3.63) is 132 Å². The van der Waals surface area contributed by atoms with E-state index in [1.807, 2.05) is 60.7 Å². The Balaban J connectivity index is 1.09. The molecule has 2 atom stereocenters. The van der Waals surface area contributed by atoms with Crippen molar-refractivity contribution >= 4 is 23.2 Å². The van der Waals surface area contributed by atoms with Gasteiger partial charge in [-0.25, -0.2) is 0 Å². The van der Waals surface area contributed by atoms with Crippen molar-refractivity contribution in [1.82, 2.24) is 0 Å². The van der Waals surface area contributed by atoms with Crippen molar-refractivity contribution < 1.29 is 19.1 Å². The van der Waals surface area contributed by atoms with Crippen LogP contribution >= 0.6 is 0 Å². The van der Waals surface area contributed by atoms with Gasteiger partial charge in [-0.15, -0.1) is 0 Å². The van der Waals surface area contributed by atoms with Crippen LogP contribution in [0.2, 0.25) is 0 Å². The van der Waals surface area contributed by atoms with Crippen LogP contribution in [-0.2, 0) is 22.8 Å². The number of nitrogens with one attached hydrogen (secondary N) is 2. The number of hydrogen-bond donors (Lipinski definition) is 2. The van der Waals surface area contributed by atoms with Gasteiger partial charge < -0.3 is 20.1 Å². The second-order valence-electron chi connectivity index (χ2n) is 9.11. The first-order valence-electron chi connectivity index (χ1n) is 12.4. The van der Waals surface area contributed by atoms with E-state index in [4.69, 9.17) is 9.47 Å². The molecule has 1 saturated carbocycles. The zero-order valence-electron chi connectivity index (χ0n) is 20.8. The predicted molar refractivity (Wildman–Crippen MR) is 148 cm³/mol. The second kappa shape index (κ2) is 11.5. The number of anilines is 2. The summed E-state index contributed by atoms with van der Waals surface area (Å²) in [5.74, 6) is -0.210. The highest BCUT2D eigenvalue weighted by Crippen LogP contribution is 2.45. The van der Waals surface area contributed by atoms with E-state index in [9.17, 15) is 9.59 Å². The number of benzene rings is 4. The third-order valence-electron chi connectivity index (χ3n) is 6.33. The van der Waals surface area contributed by atoms with Crippen LogP contribution in [0.15, 0.2) is 121 Å². The number of rotatable bonds is 10. The molecule has 0 heterocycles. The van der Waals surface area contributed by atoms with E-state index in [1.54, 1.807) is 48.5 Å². The standard InChI is InChI=1S/C32H28N2O4/c1-22-29(31(35)33-25-12-16-27(17-13-25)37-20-23-8-4-2-5-9-23)30(22)32(36)34-26-14-18-28(19-15-26)38-21-24-10-6-3-7-11-24/h2-19,29-30H,1,20-21H2,(H,33,35)(H,34,36)/t29-,30+. The van der Waals surface area contributed by atoms with Gasteiger partial charge in [0.15, 0.2) is 0 Å². The van der Waals surface area contributed by atoms with Crippen LogP contribution in [0.4, 0.5) is 11.4 Å². The molecule has 0 unspecified atom stereocenters. The molecule has 0 aliphatic heterocycles. The van der Waals surface area contributed by atoms with E-state index in [2.05, 4.69) is 17.2 Å². The predicted octanol–water partition coefficient (Wildman–Crippen LogP) is 6.22. The van der Waals surface area contributed by atoms with Crippen LogP contribution in [0.1, 0.15) is 11.1 Å². The average molecular weight is 505 g/mol. The Morgan fingerprint density at radius 1 is 0.579 bits per heavy atom. The van der Waals surface area contributed by atoms with Gasteiger partial charge in [0.05, 0.1) is 11.8 Å². The van der Waals surface area contributed by atoms with Gasteiger partial charge in [-0.05, 0) is 59.7 Å². The largest absolute Gasteiger partial charge is 0.489 e. The molecule has 6 nitrogen and oxygen atoms in total. The summed E-state index contributed by atoms with van der Waals surface area (Å²) in [6.07, 6.45) is 0. The molecular formula is C32H28N2O4. The summed E-state index contributed by atoms with van der Waals surface area (Å²) < 4.78 is 11.6. The highest BCUT2D eigenvalue weighted by Gasteiger charge is 2.52. The van der Waals surface area contributed by atoms with Gasteiger partial charge in [0.1, 0.15) is 24.7 Å². The Kier molecular flexibility index (Phi) is 7.50. The monoisotopic (exact) mass is 504 g/mol. The Hall–Kier alpha value is -4.84. The lowest BCUT2D eigenvalue weighted by Crippen LogP contribution is -2.20. The molecule has 0 bridgehead atoms. The van der Waals surface area contributed by atoms with Crippen molar-refractivity contribution in [3.63, 3.8) is 0 Å². The maximum absolute atomic E-state index is 12.8. The lowest BCUT2D eigenvalue weighted by molar-refractivity contribution is -0.122. The summed E-state index contributed by atoms with van der Waals surface area (Å²) in [7, 11) is 0. The molecule has 1 fully saturated rings. The van der Waals surface area contributed by atoms with Crippen molar-refractivity contribution in [2.75, 3.05) is 10.6 Å². The fourth-order valence-corrected chi connectivity index (χ4v) is 4.15. The van der Waals surface area contributed by atoms with Crippen LogP contribution in [0.3, 0.4) is 0 Å². The Morgan fingerprint density at radius 2 is 0.947 bits per heavy atom. The SMILES string of the molecule is C=C1[C@H](C(=O)Nc2ccc(OCc3ccccc3)cc2)[C@@H]1C(=O)Nc1ccc(OCc2ccccc2)cc1. The normalized spacial score (nSPS) is 15.8. The fraction of sp³-hybridized carbons (Fsp3) is 0.125. The van der Waals surface area contributed by atoms with Crippen molar-refractivity contribution in [1.29, 1.82) is 0 Å².